The third kappa shape index (κ3) is 5.57. The monoisotopic (exact) mass is 337 g/mol. The Hall–Kier alpha value is -1.34. The molecule has 0 aliphatic carbocycles. The topological polar surface area (TPSA) is 3.24 Å². The molecule has 136 valence electrons. The third-order valence-electron chi connectivity index (χ3n) is 5.98. The Kier molecular flexibility index (Phi) is 7.36. The van der Waals surface area contributed by atoms with Crippen molar-refractivity contribution in [3.8, 4) is 0 Å². The van der Waals surface area contributed by atoms with E-state index in [4.69, 9.17) is 0 Å². The van der Waals surface area contributed by atoms with Gasteiger partial charge in [0.05, 0.1) is 0 Å². The van der Waals surface area contributed by atoms with Crippen molar-refractivity contribution in [2.24, 2.45) is 0 Å². The highest BCUT2D eigenvalue weighted by molar-refractivity contribution is 5.21. The predicted molar refractivity (Wildman–Crippen MR) is 109 cm³/mol. The lowest BCUT2D eigenvalue weighted by molar-refractivity contribution is 0.194. The molecule has 0 N–H and O–H groups in total. The minimum Gasteiger partial charge on any atom is -0.289 e. The summed E-state index contributed by atoms with van der Waals surface area (Å²) in [5.74, 6) is 0. The molecular formula is C24H35N. The van der Waals surface area contributed by atoms with Crippen molar-refractivity contribution in [3.05, 3.63) is 60.2 Å². The maximum absolute atomic E-state index is 3.80. The lowest BCUT2D eigenvalue weighted by Crippen LogP contribution is -2.37. The van der Waals surface area contributed by atoms with Crippen molar-refractivity contribution in [1.29, 1.82) is 0 Å². The second-order valence-electron chi connectivity index (χ2n) is 7.93. The molecule has 0 spiro atoms. The lowest BCUT2D eigenvalue weighted by Gasteiger charge is -2.34. The predicted octanol–water partition coefficient (Wildman–Crippen LogP) is 6.66. The van der Waals surface area contributed by atoms with Gasteiger partial charge in [0.2, 0.25) is 0 Å². The number of rotatable bonds is 11. The van der Waals surface area contributed by atoms with E-state index in [2.05, 4.69) is 47.9 Å². The first-order chi connectivity index (χ1) is 12.4. The molecule has 2 unspecified atom stereocenters. The highest BCUT2D eigenvalue weighted by Gasteiger charge is 2.35. The molecule has 2 aliphatic heterocycles. The smallest absolute Gasteiger partial charge is 0.0288 e. The number of hydrogen-bond donors (Lipinski definition) is 0. The highest BCUT2D eigenvalue weighted by atomic mass is 15.2. The fraction of sp³-hybridized carbons (Fsp3) is 0.583. The van der Waals surface area contributed by atoms with Gasteiger partial charge in [0.1, 0.15) is 0 Å². The number of hydrogen-bond acceptors (Lipinski definition) is 1. The van der Waals surface area contributed by atoms with E-state index in [-0.39, 0.29) is 0 Å². The van der Waals surface area contributed by atoms with Crippen LogP contribution in [0.15, 0.2) is 54.6 Å². The zero-order valence-corrected chi connectivity index (χ0v) is 15.8. The maximum atomic E-state index is 3.80. The van der Waals surface area contributed by atoms with Gasteiger partial charge in [-0.2, -0.15) is 0 Å². The minimum atomic E-state index is 0.702. The van der Waals surface area contributed by atoms with Crippen molar-refractivity contribution in [2.45, 2.75) is 89.3 Å². The van der Waals surface area contributed by atoms with Crippen molar-refractivity contribution >= 4 is 0 Å². The molecule has 0 amide bonds. The molecule has 25 heavy (non-hydrogen) atoms. The van der Waals surface area contributed by atoms with Crippen LogP contribution in [0, 0.1) is 0 Å². The molecule has 0 saturated carbocycles. The van der Waals surface area contributed by atoms with Crippen LogP contribution in [-0.2, 0) is 6.54 Å². The molecule has 1 aromatic carbocycles. The average molecular weight is 338 g/mol. The first-order valence-corrected chi connectivity index (χ1v) is 10.5. The van der Waals surface area contributed by atoms with Crippen molar-refractivity contribution in [3.63, 3.8) is 0 Å². The van der Waals surface area contributed by atoms with Crippen LogP contribution >= 0.6 is 0 Å². The fourth-order valence-corrected chi connectivity index (χ4v) is 4.58. The first-order valence-electron chi connectivity index (χ1n) is 10.5. The summed E-state index contributed by atoms with van der Waals surface area (Å²) in [6.07, 6.45) is 19.6. The lowest BCUT2D eigenvalue weighted by atomic mass is 9.95. The largest absolute Gasteiger partial charge is 0.289 e. The van der Waals surface area contributed by atoms with Gasteiger partial charge < -0.3 is 0 Å². The summed E-state index contributed by atoms with van der Waals surface area (Å²) in [5, 5.41) is 0. The number of fused-ring (bicyclic) bond motifs is 2. The quantitative estimate of drug-likeness (QED) is 0.322. The van der Waals surface area contributed by atoms with E-state index in [1.807, 2.05) is 6.08 Å². The summed E-state index contributed by atoms with van der Waals surface area (Å²) in [6, 6.07) is 12.5. The number of unbranched alkanes of at least 4 members (excludes halogenated alkanes) is 6. The average Bonchev–Trinajstić information content (AvgIpc) is 2.87. The number of benzene rings is 1. The van der Waals surface area contributed by atoms with Crippen LogP contribution in [-0.4, -0.2) is 17.0 Å². The molecule has 0 aromatic heterocycles. The van der Waals surface area contributed by atoms with Gasteiger partial charge in [0.15, 0.2) is 0 Å². The summed E-state index contributed by atoms with van der Waals surface area (Å²) >= 11 is 0. The summed E-state index contributed by atoms with van der Waals surface area (Å²) < 4.78 is 0. The van der Waals surface area contributed by atoms with Gasteiger partial charge in [-0.15, -0.1) is 6.58 Å². The zero-order valence-electron chi connectivity index (χ0n) is 15.8. The van der Waals surface area contributed by atoms with Crippen LogP contribution in [0.2, 0.25) is 0 Å². The molecule has 1 nitrogen and oxygen atoms in total. The van der Waals surface area contributed by atoms with Crippen LogP contribution in [0.3, 0.4) is 0 Å². The standard InChI is InChI=1S/C24H35N/c1-2-3-4-5-6-7-8-10-15-22-18-23-16-17-24(19-22)25(23)20-21-13-11-9-12-14-21/h2,9,11-14,18,23-24H,1,3-8,10,15-17,19-20H2. The Labute approximate surface area is 154 Å². The Morgan fingerprint density at radius 1 is 0.960 bits per heavy atom. The fourth-order valence-electron chi connectivity index (χ4n) is 4.58. The Morgan fingerprint density at radius 3 is 2.48 bits per heavy atom. The minimum absolute atomic E-state index is 0.702. The van der Waals surface area contributed by atoms with Crippen molar-refractivity contribution in [2.75, 3.05) is 0 Å². The van der Waals surface area contributed by atoms with Gasteiger partial charge in [-0.25, -0.2) is 0 Å². The number of allylic oxidation sites excluding steroid dienone is 1. The molecular weight excluding hydrogens is 302 g/mol. The van der Waals surface area contributed by atoms with E-state index in [1.54, 1.807) is 5.57 Å². The Morgan fingerprint density at radius 2 is 1.72 bits per heavy atom. The molecule has 1 heteroatoms. The van der Waals surface area contributed by atoms with E-state index in [0.29, 0.717) is 6.04 Å². The zero-order chi connectivity index (χ0) is 17.3. The summed E-state index contributed by atoms with van der Waals surface area (Å²) in [7, 11) is 0. The van der Waals surface area contributed by atoms with Gasteiger partial charge >= 0.3 is 0 Å². The van der Waals surface area contributed by atoms with Crippen molar-refractivity contribution < 1.29 is 0 Å². The van der Waals surface area contributed by atoms with Gasteiger partial charge in [-0.3, -0.25) is 4.90 Å². The highest BCUT2D eigenvalue weighted by Crippen LogP contribution is 2.37. The molecule has 2 bridgehead atoms. The van der Waals surface area contributed by atoms with Gasteiger partial charge in [0.25, 0.3) is 0 Å². The summed E-state index contributed by atoms with van der Waals surface area (Å²) in [5.41, 5.74) is 3.22. The van der Waals surface area contributed by atoms with Gasteiger partial charge in [0, 0.05) is 18.6 Å². The molecule has 2 aliphatic rings. The van der Waals surface area contributed by atoms with Gasteiger partial charge in [-0.05, 0) is 50.5 Å². The van der Waals surface area contributed by atoms with Crippen LogP contribution in [0.25, 0.3) is 0 Å². The van der Waals surface area contributed by atoms with E-state index in [9.17, 15) is 0 Å². The normalized spacial score (nSPS) is 22.8. The summed E-state index contributed by atoms with van der Waals surface area (Å²) in [6.45, 7) is 4.93. The molecule has 0 radical (unpaired) electrons. The molecule has 2 atom stereocenters. The number of nitrogens with zero attached hydrogens (tertiary/aromatic N) is 1. The second-order valence-corrected chi connectivity index (χ2v) is 7.93. The van der Waals surface area contributed by atoms with Crippen molar-refractivity contribution in [1.82, 2.24) is 4.90 Å². The molecule has 1 fully saturated rings. The van der Waals surface area contributed by atoms with E-state index >= 15 is 0 Å². The van der Waals surface area contributed by atoms with Crippen LogP contribution in [0.1, 0.15) is 76.2 Å². The molecule has 3 rings (SSSR count). The molecule has 1 aromatic rings. The van der Waals surface area contributed by atoms with Crippen LogP contribution in [0.4, 0.5) is 0 Å². The van der Waals surface area contributed by atoms with Gasteiger partial charge in [-0.1, -0.05) is 73.7 Å². The van der Waals surface area contributed by atoms with E-state index in [1.165, 1.54) is 76.2 Å². The maximum Gasteiger partial charge on any atom is 0.0288 e. The Bertz CT molecular complexity index is 544. The molecule has 2 heterocycles. The molecule has 1 saturated heterocycles. The van der Waals surface area contributed by atoms with Crippen LogP contribution < -0.4 is 0 Å². The Balaban J connectivity index is 1.37. The summed E-state index contributed by atoms with van der Waals surface area (Å²) in [4.78, 5) is 2.75. The van der Waals surface area contributed by atoms with E-state index < -0.39 is 0 Å². The van der Waals surface area contributed by atoms with E-state index in [0.717, 1.165) is 12.6 Å². The van der Waals surface area contributed by atoms with Crippen LogP contribution in [0.5, 0.6) is 0 Å². The second kappa shape index (κ2) is 9.97. The third-order valence-corrected chi connectivity index (χ3v) is 5.98. The SMILES string of the molecule is C=CCCCCCCCCC1=CC2CCC(C1)N2Cc1ccccc1. The first kappa shape index (κ1) is 18.5.